The summed E-state index contributed by atoms with van der Waals surface area (Å²) in [4.78, 5) is 2.28. The third-order valence-electron chi connectivity index (χ3n) is 3.66. The molecule has 112 valence electrons. The molecule has 0 aliphatic heterocycles. The SMILES string of the molecule is COc1cccc(CN(C)CCCC(C)(C)C(=N)N)c1. The van der Waals surface area contributed by atoms with E-state index in [1.54, 1.807) is 7.11 Å². The molecule has 0 aliphatic rings. The quantitative estimate of drug-likeness (QED) is 0.567. The van der Waals surface area contributed by atoms with Gasteiger partial charge in [-0.1, -0.05) is 26.0 Å². The molecular weight excluding hydrogens is 250 g/mol. The predicted molar refractivity (Wildman–Crippen MR) is 84.3 cm³/mol. The molecule has 0 radical (unpaired) electrons. The average molecular weight is 277 g/mol. The van der Waals surface area contributed by atoms with E-state index in [1.165, 1.54) is 5.56 Å². The van der Waals surface area contributed by atoms with E-state index in [0.717, 1.165) is 31.7 Å². The molecule has 0 aliphatic carbocycles. The molecule has 0 unspecified atom stereocenters. The van der Waals surface area contributed by atoms with E-state index >= 15 is 0 Å². The Morgan fingerprint density at radius 3 is 2.70 bits per heavy atom. The van der Waals surface area contributed by atoms with E-state index < -0.39 is 0 Å². The summed E-state index contributed by atoms with van der Waals surface area (Å²) in [5.41, 5.74) is 6.65. The lowest BCUT2D eigenvalue weighted by molar-refractivity contribution is 0.300. The first-order chi connectivity index (χ1) is 9.35. The summed E-state index contributed by atoms with van der Waals surface area (Å²) in [6.45, 7) is 5.94. The molecular formula is C16H27N3O. The van der Waals surface area contributed by atoms with Crippen molar-refractivity contribution in [3.63, 3.8) is 0 Å². The molecule has 0 fully saturated rings. The first-order valence-corrected chi connectivity index (χ1v) is 7.01. The Hall–Kier alpha value is -1.55. The van der Waals surface area contributed by atoms with E-state index in [1.807, 2.05) is 26.0 Å². The van der Waals surface area contributed by atoms with E-state index in [-0.39, 0.29) is 11.3 Å². The van der Waals surface area contributed by atoms with Crippen LogP contribution in [0.5, 0.6) is 5.75 Å². The van der Waals surface area contributed by atoms with Gasteiger partial charge in [0.1, 0.15) is 5.75 Å². The number of amidine groups is 1. The van der Waals surface area contributed by atoms with Gasteiger partial charge in [-0.25, -0.2) is 0 Å². The van der Waals surface area contributed by atoms with Gasteiger partial charge in [0.15, 0.2) is 0 Å². The van der Waals surface area contributed by atoms with Gasteiger partial charge in [0.2, 0.25) is 0 Å². The van der Waals surface area contributed by atoms with Gasteiger partial charge in [0, 0.05) is 12.0 Å². The second kappa shape index (κ2) is 7.29. The van der Waals surface area contributed by atoms with E-state index in [9.17, 15) is 0 Å². The van der Waals surface area contributed by atoms with E-state index in [0.29, 0.717) is 0 Å². The zero-order valence-electron chi connectivity index (χ0n) is 13.1. The van der Waals surface area contributed by atoms with Gasteiger partial charge in [0.05, 0.1) is 12.9 Å². The lowest BCUT2D eigenvalue weighted by Crippen LogP contribution is -2.31. The van der Waals surface area contributed by atoms with Crippen LogP contribution in [0.4, 0.5) is 0 Å². The van der Waals surface area contributed by atoms with Gasteiger partial charge in [0.25, 0.3) is 0 Å². The zero-order chi connectivity index (χ0) is 15.2. The predicted octanol–water partition coefficient (Wildman–Crippen LogP) is 2.87. The maximum Gasteiger partial charge on any atom is 0.119 e. The summed E-state index contributed by atoms with van der Waals surface area (Å²) in [6, 6.07) is 8.15. The topological polar surface area (TPSA) is 62.3 Å². The van der Waals surface area contributed by atoms with Crippen molar-refractivity contribution in [1.29, 1.82) is 5.41 Å². The van der Waals surface area contributed by atoms with Crippen molar-refractivity contribution in [3.8, 4) is 5.75 Å². The van der Waals surface area contributed by atoms with Crippen molar-refractivity contribution in [1.82, 2.24) is 4.90 Å². The van der Waals surface area contributed by atoms with E-state index in [4.69, 9.17) is 15.9 Å². The number of hydrogen-bond donors (Lipinski definition) is 2. The maximum atomic E-state index is 7.56. The highest BCUT2D eigenvalue weighted by Crippen LogP contribution is 2.22. The summed E-state index contributed by atoms with van der Waals surface area (Å²) < 4.78 is 5.23. The minimum absolute atomic E-state index is 0.198. The van der Waals surface area contributed by atoms with Crippen molar-refractivity contribution < 1.29 is 4.74 Å². The van der Waals surface area contributed by atoms with Gasteiger partial charge in [-0.05, 0) is 44.1 Å². The van der Waals surface area contributed by atoms with Gasteiger partial charge in [-0.3, -0.25) is 5.41 Å². The molecule has 0 atom stereocenters. The first-order valence-electron chi connectivity index (χ1n) is 7.01. The molecule has 0 saturated heterocycles. The number of nitrogens with two attached hydrogens (primary N) is 1. The summed E-state index contributed by atoms with van der Waals surface area (Å²) in [7, 11) is 3.80. The molecule has 4 nitrogen and oxygen atoms in total. The fraction of sp³-hybridized carbons (Fsp3) is 0.562. The highest BCUT2D eigenvalue weighted by atomic mass is 16.5. The summed E-state index contributed by atoms with van der Waals surface area (Å²) in [6.07, 6.45) is 1.97. The molecule has 0 aromatic heterocycles. The highest BCUT2D eigenvalue weighted by Gasteiger charge is 2.20. The number of methoxy groups -OCH3 is 1. The van der Waals surface area contributed by atoms with Crippen LogP contribution in [0.1, 0.15) is 32.3 Å². The Morgan fingerprint density at radius 2 is 2.10 bits per heavy atom. The van der Waals surface area contributed by atoms with Gasteiger partial charge in [-0.15, -0.1) is 0 Å². The molecule has 1 aromatic carbocycles. The number of hydrogen-bond acceptors (Lipinski definition) is 3. The molecule has 4 heteroatoms. The number of nitrogens with zero attached hydrogens (tertiary/aromatic N) is 1. The normalized spacial score (nSPS) is 11.7. The van der Waals surface area contributed by atoms with Crippen molar-refractivity contribution in [2.45, 2.75) is 33.2 Å². The average Bonchev–Trinajstić information content (AvgIpc) is 2.38. The molecule has 0 saturated carbocycles. The van der Waals surface area contributed by atoms with Crippen LogP contribution in [-0.2, 0) is 6.54 Å². The fourth-order valence-corrected chi connectivity index (χ4v) is 2.09. The van der Waals surface area contributed by atoms with Crippen LogP contribution >= 0.6 is 0 Å². The first kappa shape index (κ1) is 16.5. The minimum atomic E-state index is -0.198. The Bertz CT molecular complexity index is 443. The van der Waals surface area contributed by atoms with Crippen molar-refractivity contribution in [2.75, 3.05) is 20.7 Å². The lowest BCUT2D eigenvalue weighted by Gasteiger charge is -2.24. The van der Waals surface area contributed by atoms with Crippen molar-refractivity contribution in [3.05, 3.63) is 29.8 Å². The van der Waals surface area contributed by atoms with E-state index in [2.05, 4.69) is 24.1 Å². The molecule has 20 heavy (non-hydrogen) atoms. The monoisotopic (exact) mass is 277 g/mol. The van der Waals surface area contributed by atoms with Crippen LogP contribution in [0.3, 0.4) is 0 Å². The molecule has 0 spiro atoms. The zero-order valence-corrected chi connectivity index (χ0v) is 13.1. The van der Waals surface area contributed by atoms with Crippen LogP contribution in [0, 0.1) is 10.8 Å². The highest BCUT2D eigenvalue weighted by molar-refractivity contribution is 5.82. The summed E-state index contributed by atoms with van der Waals surface area (Å²) in [5, 5.41) is 7.56. The smallest absolute Gasteiger partial charge is 0.119 e. The molecule has 1 rings (SSSR count). The molecule has 0 bridgehead atoms. The second-order valence-electron chi connectivity index (χ2n) is 5.99. The second-order valence-corrected chi connectivity index (χ2v) is 5.99. The maximum absolute atomic E-state index is 7.56. The van der Waals surface area contributed by atoms with Crippen molar-refractivity contribution >= 4 is 5.84 Å². The van der Waals surface area contributed by atoms with Crippen LogP contribution in [-0.4, -0.2) is 31.4 Å². The molecule has 1 aromatic rings. The number of nitrogens with one attached hydrogen (secondary N) is 1. The van der Waals surface area contributed by atoms with Crippen LogP contribution in [0.2, 0.25) is 0 Å². The molecule has 0 heterocycles. The third-order valence-corrected chi connectivity index (χ3v) is 3.66. The standard InChI is InChI=1S/C16H27N3O/c1-16(2,15(17)18)9-6-10-19(3)12-13-7-5-8-14(11-13)20-4/h5,7-8,11H,6,9-10,12H2,1-4H3,(H3,17,18). The lowest BCUT2D eigenvalue weighted by atomic mass is 9.86. The van der Waals surface area contributed by atoms with Gasteiger partial charge < -0.3 is 15.4 Å². The fourth-order valence-electron chi connectivity index (χ4n) is 2.09. The van der Waals surface area contributed by atoms with Crippen LogP contribution in [0.15, 0.2) is 24.3 Å². The Balaban J connectivity index is 2.40. The van der Waals surface area contributed by atoms with Gasteiger partial charge >= 0.3 is 0 Å². The largest absolute Gasteiger partial charge is 0.497 e. The van der Waals surface area contributed by atoms with Crippen LogP contribution in [0.25, 0.3) is 0 Å². The van der Waals surface area contributed by atoms with Crippen LogP contribution < -0.4 is 10.5 Å². The third kappa shape index (κ3) is 5.21. The summed E-state index contributed by atoms with van der Waals surface area (Å²) >= 11 is 0. The Kier molecular flexibility index (Phi) is 6.02. The summed E-state index contributed by atoms with van der Waals surface area (Å²) in [5.74, 6) is 1.17. The van der Waals surface area contributed by atoms with Gasteiger partial charge in [-0.2, -0.15) is 0 Å². The Labute approximate surface area is 122 Å². The number of ether oxygens (including phenoxy) is 1. The molecule has 0 amide bonds. The number of benzene rings is 1. The molecule has 3 N–H and O–H groups in total. The Morgan fingerprint density at radius 1 is 1.40 bits per heavy atom. The number of rotatable bonds is 8. The minimum Gasteiger partial charge on any atom is -0.497 e. The van der Waals surface area contributed by atoms with Crippen molar-refractivity contribution in [2.24, 2.45) is 11.1 Å².